The van der Waals surface area contributed by atoms with Crippen LogP contribution in [0.15, 0.2) is 0 Å². The summed E-state index contributed by atoms with van der Waals surface area (Å²) in [4.78, 5) is 15.7. The zero-order chi connectivity index (χ0) is 9.84. The molecule has 0 aromatic carbocycles. The van der Waals surface area contributed by atoms with E-state index in [1.54, 1.807) is 6.92 Å². The lowest BCUT2D eigenvalue weighted by Gasteiger charge is -2.27. The van der Waals surface area contributed by atoms with Crippen LogP contribution in [0.1, 0.15) is 27.2 Å². The van der Waals surface area contributed by atoms with Crippen LogP contribution in [-0.2, 0) is 4.79 Å². The van der Waals surface area contributed by atoms with Crippen molar-refractivity contribution in [3.8, 4) is 0 Å². The molecule has 1 heterocycles. The van der Waals surface area contributed by atoms with Crippen molar-refractivity contribution >= 4 is 5.91 Å². The average Bonchev–Trinajstić information content (AvgIpc) is 2.26. The van der Waals surface area contributed by atoms with Gasteiger partial charge in [0.1, 0.15) is 0 Å². The zero-order valence-electron chi connectivity index (χ0n) is 8.92. The van der Waals surface area contributed by atoms with E-state index in [-0.39, 0.29) is 5.91 Å². The van der Waals surface area contributed by atoms with E-state index in [0.29, 0.717) is 6.04 Å². The molecule has 13 heavy (non-hydrogen) atoms. The Morgan fingerprint density at radius 1 is 1.46 bits per heavy atom. The molecule has 0 saturated carbocycles. The first-order valence-corrected chi connectivity index (χ1v) is 5.14. The van der Waals surface area contributed by atoms with Crippen LogP contribution in [0.25, 0.3) is 0 Å². The minimum absolute atomic E-state index is 0.213. The highest BCUT2D eigenvalue weighted by atomic mass is 16.2. The van der Waals surface area contributed by atoms with E-state index in [1.165, 1.54) is 0 Å². The summed E-state index contributed by atoms with van der Waals surface area (Å²) in [5, 5.41) is 0. The third-order valence-electron chi connectivity index (χ3n) is 2.78. The first-order chi connectivity index (χ1) is 6.15. The van der Waals surface area contributed by atoms with E-state index < -0.39 is 0 Å². The van der Waals surface area contributed by atoms with Crippen LogP contribution < -0.4 is 0 Å². The van der Waals surface area contributed by atoms with Crippen LogP contribution in [0.4, 0.5) is 0 Å². The van der Waals surface area contributed by atoms with Gasteiger partial charge in [-0.25, -0.2) is 0 Å². The molecule has 1 unspecified atom stereocenters. The van der Waals surface area contributed by atoms with E-state index in [2.05, 4.69) is 18.7 Å². The monoisotopic (exact) mass is 184 g/mol. The molecule has 0 radical (unpaired) electrons. The smallest absolute Gasteiger partial charge is 0.219 e. The largest absolute Gasteiger partial charge is 0.339 e. The number of likely N-dealkylation sites (N-methyl/N-ethyl adjacent to an activating group) is 1. The maximum atomic E-state index is 11.3. The Hall–Kier alpha value is -0.570. The van der Waals surface area contributed by atoms with Crippen molar-refractivity contribution in [1.82, 2.24) is 9.80 Å². The fraction of sp³-hybridized carbons (Fsp3) is 0.900. The Balaban J connectivity index is 2.56. The lowest BCUT2D eigenvalue weighted by Crippen LogP contribution is -2.41. The van der Waals surface area contributed by atoms with Gasteiger partial charge in [0, 0.05) is 26.1 Å². The van der Waals surface area contributed by atoms with Crippen molar-refractivity contribution < 1.29 is 4.79 Å². The fourth-order valence-corrected chi connectivity index (χ4v) is 2.00. The molecule has 0 aliphatic carbocycles. The van der Waals surface area contributed by atoms with Gasteiger partial charge < -0.3 is 9.80 Å². The van der Waals surface area contributed by atoms with E-state index >= 15 is 0 Å². The summed E-state index contributed by atoms with van der Waals surface area (Å²) < 4.78 is 0. The summed E-state index contributed by atoms with van der Waals surface area (Å²) >= 11 is 0. The molecule has 1 amide bonds. The van der Waals surface area contributed by atoms with Gasteiger partial charge >= 0.3 is 0 Å². The van der Waals surface area contributed by atoms with E-state index in [0.717, 1.165) is 32.6 Å². The molecular formula is C10H20N2O. The van der Waals surface area contributed by atoms with Gasteiger partial charge in [-0.3, -0.25) is 4.79 Å². The summed E-state index contributed by atoms with van der Waals surface area (Å²) in [5.41, 5.74) is 0. The highest BCUT2D eigenvalue weighted by Gasteiger charge is 2.21. The van der Waals surface area contributed by atoms with Crippen LogP contribution in [0.3, 0.4) is 0 Å². The summed E-state index contributed by atoms with van der Waals surface area (Å²) in [6, 6.07) is 0.375. The maximum absolute atomic E-state index is 11.3. The van der Waals surface area contributed by atoms with E-state index in [1.807, 2.05) is 4.90 Å². The van der Waals surface area contributed by atoms with Gasteiger partial charge in [0.25, 0.3) is 0 Å². The summed E-state index contributed by atoms with van der Waals surface area (Å²) in [7, 11) is 0. The first-order valence-electron chi connectivity index (χ1n) is 5.14. The highest BCUT2D eigenvalue weighted by molar-refractivity contribution is 5.73. The minimum atomic E-state index is 0.213. The lowest BCUT2D eigenvalue weighted by molar-refractivity contribution is -0.130. The molecule has 1 aliphatic heterocycles. The second-order valence-corrected chi connectivity index (χ2v) is 3.81. The molecule has 1 fully saturated rings. The number of amides is 1. The Bertz CT molecular complexity index is 182. The molecule has 1 atom stereocenters. The third-order valence-corrected chi connectivity index (χ3v) is 2.78. The van der Waals surface area contributed by atoms with Gasteiger partial charge in [0.2, 0.25) is 5.91 Å². The van der Waals surface area contributed by atoms with Crippen molar-refractivity contribution in [3.05, 3.63) is 0 Å². The van der Waals surface area contributed by atoms with Crippen LogP contribution in [0, 0.1) is 0 Å². The number of nitrogens with zero attached hydrogens (tertiary/aromatic N) is 2. The van der Waals surface area contributed by atoms with Gasteiger partial charge in [-0.2, -0.15) is 0 Å². The second kappa shape index (κ2) is 4.61. The molecule has 1 aliphatic rings. The molecule has 1 rings (SSSR count). The molecule has 1 saturated heterocycles. The van der Waals surface area contributed by atoms with Crippen LogP contribution in [-0.4, -0.2) is 47.9 Å². The summed E-state index contributed by atoms with van der Waals surface area (Å²) in [6.45, 7) is 10.1. The van der Waals surface area contributed by atoms with E-state index in [9.17, 15) is 4.79 Å². The van der Waals surface area contributed by atoms with Gasteiger partial charge in [-0.05, 0) is 26.4 Å². The average molecular weight is 184 g/mol. The number of hydrogen-bond acceptors (Lipinski definition) is 2. The topological polar surface area (TPSA) is 23.6 Å². The van der Waals surface area contributed by atoms with Gasteiger partial charge in [-0.15, -0.1) is 0 Å². The van der Waals surface area contributed by atoms with Crippen molar-refractivity contribution in [2.75, 3.05) is 26.2 Å². The van der Waals surface area contributed by atoms with Crippen LogP contribution in [0.5, 0.6) is 0 Å². The summed E-state index contributed by atoms with van der Waals surface area (Å²) in [5.74, 6) is 0.213. The fourth-order valence-electron chi connectivity index (χ4n) is 2.00. The molecule has 0 N–H and O–H groups in total. The molecule has 0 aromatic rings. The predicted octanol–water partition coefficient (Wildman–Crippen LogP) is 0.949. The Morgan fingerprint density at radius 3 is 2.69 bits per heavy atom. The Kier molecular flexibility index (Phi) is 3.72. The molecule has 3 heteroatoms. The SMILES string of the molecule is CCN1CCCN(C(C)=O)C(C)C1. The Labute approximate surface area is 80.7 Å². The molecule has 0 aromatic heterocycles. The quantitative estimate of drug-likeness (QED) is 0.606. The minimum Gasteiger partial charge on any atom is -0.339 e. The number of carbonyl (C=O) groups excluding carboxylic acids is 1. The van der Waals surface area contributed by atoms with Gasteiger partial charge in [0.15, 0.2) is 0 Å². The predicted molar refractivity (Wildman–Crippen MR) is 53.6 cm³/mol. The Morgan fingerprint density at radius 2 is 2.15 bits per heavy atom. The molecular weight excluding hydrogens is 164 g/mol. The van der Waals surface area contributed by atoms with Crippen LogP contribution >= 0.6 is 0 Å². The van der Waals surface area contributed by atoms with E-state index in [4.69, 9.17) is 0 Å². The molecule has 3 nitrogen and oxygen atoms in total. The summed E-state index contributed by atoms with van der Waals surface area (Å²) in [6.07, 6.45) is 1.11. The van der Waals surface area contributed by atoms with Gasteiger partial charge in [0.05, 0.1) is 0 Å². The maximum Gasteiger partial charge on any atom is 0.219 e. The van der Waals surface area contributed by atoms with Crippen molar-refractivity contribution in [2.45, 2.75) is 33.2 Å². The van der Waals surface area contributed by atoms with Crippen molar-refractivity contribution in [2.24, 2.45) is 0 Å². The number of rotatable bonds is 1. The molecule has 0 spiro atoms. The number of hydrogen-bond donors (Lipinski definition) is 0. The first kappa shape index (κ1) is 10.5. The van der Waals surface area contributed by atoms with Crippen molar-refractivity contribution in [1.29, 1.82) is 0 Å². The normalized spacial score (nSPS) is 25.8. The lowest BCUT2D eigenvalue weighted by atomic mass is 10.2. The zero-order valence-corrected chi connectivity index (χ0v) is 8.92. The van der Waals surface area contributed by atoms with Gasteiger partial charge in [-0.1, -0.05) is 6.92 Å². The van der Waals surface area contributed by atoms with Crippen molar-refractivity contribution in [3.63, 3.8) is 0 Å². The molecule has 76 valence electrons. The van der Waals surface area contributed by atoms with Crippen LogP contribution in [0.2, 0.25) is 0 Å². The standard InChI is InChI=1S/C10H20N2O/c1-4-11-6-5-7-12(10(3)13)9(2)8-11/h9H,4-8H2,1-3H3. The second-order valence-electron chi connectivity index (χ2n) is 3.81. The number of carbonyl (C=O) groups is 1. The highest BCUT2D eigenvalue weighted by Crippen LogP contribution is 2.09. The third kappa shape index (κ3) is 2.69. The molecule has 0 bridgehead atoms.